The van der Waals surface area contributed by atoms with E-state index in [0.717, 1.165) is 30.3 Å². The molecule has 0 saturated carbocycles. The molecule has 0 amide bonds. The summed E-state index contributed by atoms with van der Waals surface area (Å²) in [7, 11) is 2.65. The zero-order valence-corrected chi connectivity index (χ0v) is 30.5. The molecule has 0 aromatic heterocycles. The Labute approximate surface area is 327 Å². The number of rotatable bonds is 12. The van der Waals surface area contributed by atoms with Crippen molar-refractivity contribution < 1.29 is 93.4 Å². The number of hydrogen-bond donors (Lipinski definition) is 10. The molecule has 0 spiro atoms. The molecule has 4 aliphatic rings. The Morgan fingerprint density at radius 2 is 1.31 bits per heavy atom. The third-order valence-electron chi connectivity index (χ3n) is 9.35. The number of benzene rings is 3. The predicted octanol–water partition coefficient (Wildman–Crippen LogP) is -0.482. The molecule has 2 saturated heterocycles. The van der Waals surface area contributed by atoms with E-state index in [0.29, 0.717) is 5.56 Å². The van der Waals surface area contributed by atoms with Crippen LogP contribution in [-0.2, 0) is 23.7 Å². The lowest BCUT2D eigenvalue weighted by atomic mass is 9.98. The van der Waals surface area contributed by atoms with E-state index in [9.17, 15) is 60.7 Å². The molecule has 58 heavy (non-hydrogen) atoms. The number of methoxy groups -OCH3 is 2. The van der Waals surface area contributed by atoms with Gasteiger partial charge >= 0.3 is 5.97 Å². The van der Waals surface area contributed by atoms with Crippen molar-refractivity contribution >= 4 is 12.0 Å². The van der Waals surface area contributed by atoms with Gasteiger partial charge in [0.2, 0.25) is 12.0 Å². The van der Waals surface area contributed by atoms with Gasteiger partial charge in [0.25, 0.3) is 0 Å². The second-order valence-electron chi connectivity index (χ2n) is 13.2. The highest BCUT2D eigenvalue weighted by atomic mass is 16.7. The third kappa shape index (κ3) is 8.74. The normalized spacial score (nSPS) is 27.4. The van der Waals surface area contributed by atoms with Crippen LogP contribution < -0.4 is 19.6 Å². The van der Waals surface area contributed by atoms with E-state index in [1.54, 1.807) is 0 Å². The Bertz CT molecular complexity index is 2130. The van der Waals surface area contributed by atoms with E-state index in [1.807, 2.05) is 0 Å². The minimum absolute atomic E-state index is 0.0220. The third-order valence-corrected chi connectivity index (χ3v) is 9.35. The van der Waals surface area contributed by atoms with Crippen molar-refractivity contribution in [2.75, 3.05) is 27.4 Å². The SMILES string of the molecule is COc1cc(C=CC(=O)OCC2O[C@@H](OCC3O[C@@H](Oc4cc5c(O)cc(=O)cc-5oc4-c4ccc(O)c(O)c4)C(O)C(O)[C@@H]3O)C(O)C(O)[C@@H]2O)cc(OC)c1O. The first-order chi connectivity index (χ1) is 27.6. The summed E-state index contributed by atoms with van der Waals surface area (Å²) in [4.78, 5) is 24.6. The number of ether oxygens (including phenoxy) is 7. The Morgan fingerprint density at radius 3 is 1.95 bits per heavy atom. The second kappa shape index (κ2) is 17.4. The predicted molar refractivity (Wildman–Crippen MR) is 193 cm³/mol. The number of fused-ring (bicyclic) bond motifs is 1. The van der Waals surface area contributed by atoms with Gasteiger partial charge in [0.15, 0.2) is 46.2 Å². The monoisotopic (exact) mass is 816 g/mol. The number of aliphatic hydroxyl groups excluding tert-OH is 6. The maximum atomic E-state index is 12.5. The van der Waals surface area contributed by atoms with Gasteiger partial charge in [-0.3, -0.25) is 4.79 Å². The molecular formula is C38H40O20. The number of phenolic OH excluding ortho intramolecular Hbond substituents is 4. The molecule has 1 aliphatic carbocycles. The summed E-state index contributed by atoms with van der Waals surface area (Å²) in [6.45, 7) is -1.33. The lowest BCUT2D eigenvalue weighted by Gasteiger charge is -2.42. The molecule has 2 aromatic rings. The molecule has 10 atom stereocenters. The van der Waals surface area contributed by atoms with Crippen molar-refractivity contribution in [2.45, 2.75) is 61.4 Å². The van der Waals surface area contributed by atoms with Gasteiger partial charge in [-0.15, -0.1) is 0 Å². The van der Waals surface area contributed by atoms with Crippen LogP contribution in [0.5, 0.6) is 40.2 Å². The topological polar surface area (TPSA) is 314 Å². The van der Waals surface area contributed by atoms with Gasteiger partial charge in [0, 0.05) is 23.8 Å². The number of hydrogen-bond acceptors (Lipinski definition) is 20. The first kappa shape index (κ1) is 41.9. The van der Waals surface area contributed by atoms with E-state index in [4.69, 9.17) is 37.6 Å². The number of phenols is 4. The van der Waals surface area contributed by atoms with Crippen LogP contribution in [0.2, 0.25) is 0 Å². The average Bonchev–Trinajstić information content (AvgIpc) is 3.20. The molecule has 20 heteroatoms. The van der Waals surface area contributed by atoms with Crippen LogP contribution in [-0.4, -0.2) is 146 Å². The van der Waals surface area contributed by atoms with Crippen LogP contribution in [0, 0.1) is 0 Å². The van der Waals surface area contributed by atoms with Crippen LogP contribution in [0.3, 0.4) is 0 Å². The van der Waals surface area contributed by atoms with Gasteiger partial charge in [0.1, 0.15) is 66.9 Å². The molecule has 6 unspecified atom stereocenters. The molecule has 6 rings (SSSR count). The number of carbonyl (C=O) groups is 1. The Balaban J connectivity index is 1.14. The van der Waals surface area contributed by atoms with Gasteiger partial charge in [-0.25, -0.2) is 4.79 Å². The fourth-order valence-corrected chi connectivity index (χ4v) is 6.17. The van der Waals surface area contributed by atoms with Crippen molar-refractivity contribution in [1.29, 1.82) is 0 Å². The van der Waals surface area contributed by atoms with Crippen molar-refractivity contribution in [1.82, 2.24) is 0 Å². The molecule has 2 fully saturated rings. The maximum absolute atomic E-state index is 12.5. The van der Waals surface area contributed by atoms with E-state index in [-0.39, 0.29) is 45.6 Å². The summed E-state index contributed by atoms with van der Waals surface area (Å²) < 4.78 is 44.0. The molecule has 20 nitrogen and oxygen atoms in total. The highest BCUT2D eigenvalue weighted by Gasteiger charge is 2.48. The average molecular weight is 817 g/mol. The first-order valence-electron chi connectivity index (χ1n) is 17.4. The quantitative estimate of drug-likeness (QED) is 0.0490. The smallest absolute Gasteiger partial charge is 0.330 e. The lowest BCUT2D eigenvalue weighted by molar-refractivity contribution is -0.323. The summed E-state index contributed by atoms with van der Waals surface area (Å²) in [5.74, 6) is -3.09. The fourth-order valence-electron chi connectivity index (χ4n) is 6.17. The van der Waals surface area contributed by atoms with Crippen LogP contribution >= 0.6 is 0 Å². The van der Waals surface area contributed by atoms with E-state index < -0.39 is 103 Å². The Hall–Kier alpha value is -5.68. The van der Waals surface area contributed by atoms with E-state index >= 15 is 0 Å². The number of esters is 1. The van der Waals surface area contributed by atoms with Crippen molar-refractivity contribution in [3.63, 3.8) is 0 Å². The second-order valence-corrected chi connectivity index (χ2v) is 13.2. The van der Waals surface area contributed by atoms with Gasteiger partial charge in [-0.05, 0) is 48.0 Å². The molecule has 3 heterocycles. The van der Waals surface area contributed by atoms with E-state index in [2.05, 4.69) is 0 Å². The molecule has 0 radical (unpaired) electrons. The highest BCUT2D eigenvalue weighted by molar-refractivity contribution is 5.87. The van der Waals surface area contributed by atoms with Gasteiger partial charge in [-0.1, -0.05) is 0 Å². The van der Waals surface area contributed by atoms with Crippen molar-refractivity contribution in [3.8, 4) is 62.9 Å². The molecule has 2 aromatic carbocycles. The van der Waals surface area contributed by atoms with Crippen LogP contribution in [0.4, 0.5) is 0 Å². The van der Waals surface area contributed by atoms with Crippen molar-refractivity contribution in [2.24, 2.45) is 0 Å². The zero-order chi connectivity index (χ0) is 42.0. The minimum atomic E-state index is -1.93. The van der Waals surface area contributed by atoms with Gasteiger partial charge in [-0.2, -0.15) is 0 Å². The summed E-state index contributed by atoms with van der Waals surface area (Å²) in [6.07, 6.45) is -15.4. The van der Waals surface area contributed by atoms with E-state index in [1.165, 1.54) is 44.6 Å². The summed E-state index contributed by atoms with van der Waals surface area (Å²) in [5, 5.41) is 105. The molecule has 0 bridgehead atoms. The Morgan fingerprint density at radius 1 is 0.690 bits per heavy atom. The van der Waals surface area contributed by atoms with Crippen LogP contribution in [0.25, 0.3) is 28.7 Å². The highest BCUT2D eigenvalue weighted by Crippen LogP contribution is 2.43. The summed E-state index contributed by atoms with van der Waals surface area (Å²) in [6, 6.07) is 9.59. The molecule has 312 valence electrons. The van der Waals surface area contributed by atoms with Crippen molar-refractivity contribution in [3.05, 3.63) is 70.4 Å². The summed E-state index contributed by atoms with van der Waals surface area (Å²) in [5.41, 5.74) is -0.138. The number of carbonyl (C=O) groups excluding carboxylic acids is 1. The summed E-state index contributed by atoms with van der Waals surface area (Å²) >= 11 is 0. The minimum Gasteiger partial charge on any atom is -0.507 e. The lowest BCUT2D eigenvalue weighted by Crippen LogP contribution is -2.62. The number of aliphatic hydroxyl groups is 6. The largest absolute Gasteiger partial charge is 0.507 e. The molecule has 3 aliphatic heterocycles. The zero-order valence-electron chi connectivity index (χ0n) is 30.5. The molecule has 10 N–H and O–H groups in total. The van der Waals surface area contributed by atoms with Gasteiger partial charge in [0.05, 0.1) is 26.4 Å². The van der Waals surface area contributed by atoms with Crippen LogP contribution in [0.1, 0.15) is 5.56 Å². The molecular weight excluding hydrogens is 776 g/mol. The Kier molecular flexibility index (Phi) is 12.6. The fraction of sp³-hybridized carbons (Fsp3) is 0.368. The first-order valence-corrected chi connectivity index (χ1v) is 17.4. The number of aromatic hydroxyl groups is 4. The van der Waals surface area contributed by atoms with Gasteiger partial charge < -0.3 is 88.6 Å². The maximum Gasteiger partial charge on any atom is 0.330 e. The standard InChI is InChI=1S/C38H40O20/c1-51-23-7-15(8-24(52-2)29(23)44)3-6-28(43)53-13-26-30(45)32(47)34(49)37(57-26)54-14-27-31(46)33(48)35(50)38(58-27)56-25-12-18-20(41)10-17(39)11-22(18)55-36(25)16-4-5-19(40)21(42)9-16/h3-12,26-27,30-35,37-38,40-42,44-50H,13-14H2,1-2H3/t26?,27?,30-,31-,32?,33?,34?,35?,37-,38-/m1/s1. The van der Waals surface area contributed by atoms with Crippen LogP contribution in [0.15, 0.2) is 63.8 Å².